The average Bonchev–Trinajstić information content (AvgIpc) is 3.83. The Morgan fingerprint density at radius 1 is 0.643 bits per heavy atom. The Kier molecular flexibility index (Phi) is 7.53. The second-order valence-corrected chi connectivity index (χ2v) is 14.7. The van der Waals surface area contributed by atoms with Crippen LogP contribution in [0.5, 0.6) is 0 Å². The van der Waals surface area contributed by atoms with E-state index < -0.39 is 0 Å². The molecule has 0 spiro atoms. The van der Waals surface area contributed by atoms with Crippen LogP contribution in [0.1, 0.15) is 28.2 Å². The molecule has 3 heterocycles. The molecule has 0 unspecified atom stereocenters. The second-order valence-electron chi connectivity index (χ2n) is 14.7. The molecule has 0 aliphatic carbocycles. The highest BCUT2D eigenvalue weighted by Gasteiger charge is 2.32. The van der Waals surface area contributed by atoms with Gasteiger partial charge in [0, 0.05) is 50.4 Å². The Balaban J connectivity index is 1.24. The van der Waals surface area contributed by atoms with E-state index in [2.05, 4.69) is 176 Å². The fourth-order valence-corrected chi connectivity index (χ4v) is 8.68. The molecule has 10 aromatic rings. The Labute approximate surface area is 326 Å². The molecule has 0 amide bonds. The number of fused-ring (bicyclic) bond motifs is 6. The van der Waals surface area contributed by atoms with Gasteiger partial charge in [0.1, 0.15) is 5.52 Å². The van der Waals surface area contributed by atoms with Gasteiger partial charge in [-0.2, -0.15) is 0 Å². The van der Waals surface area contributed by atoms with Gasteiger partial charge in [0.2, 0.25) is 5.89 Å². The predicted molar refractivity (Wildman–Crippen MR) is 233 cm³/mol. The van der Waals surface area contributed by atoms with Gasteiger partial charge in [-0.3, -0.25) is 0 Å². The number of oxazole rings is 1. The van der Waals surface area contributed by atoms with Crippen molar-refractivity contribution in [2.75, 3.05) is 5.32 Å². The van der Waals surface area contributed by atoms with Crippen molar-refractivity contribution in [2.45, 2.75) is 12.8 Å². The molecule has 0 saturated heterocycles. The monoisotopic (exact) mass is 716 g/mol. The van der Waals surface area contributed by atoms with Crippen molar-refractivity contribution < 1.29 is 4.42 Å². The Morgan fingerprint density at radius 2 is 1.30 bits per heavy atom. The summed E-state index contributed by atoms with van der Waals surface area (Å²) in [4.78, 5) is 5.02. The van der Waals surface area contributed by atoms with Crippen molar-refractivity contribution in [2.24, 2.45) is 0 Å². The zero-order chi connectivity index (χ0) is 37.2. The van der Waals surface area contributed by atoms with Crippen LogP contribution in [-0.2, 0) is 0 Å². The molecule has 56 heavy (non-hydrogen) atoms. The number of hydrogen-bond acceptors (Lipinski definition) is 3. The van der Waals surface area contributed by atoms with Crippen LogP contribution in [0.25, 0.3) is 61.2 Å². The van der Waals surface area contributed by atoms with Crippen molar-refractivity contribution in [3.8, 4) is 28.3 Å². The van der Waals surface area contributed by atoms with E-state index in [1.165, 1.54) is 44.0 Å². The third kappa shape index (κ3) is 5.27. The number of rotatable bonds is 7. The Hall–Kier alpha value is -7.11. The van der Waals surface area contributed by atoms with Gasteiger partial charge in [-0.25, -0.2) is 4.98 Å². The molecule has 8 aromatic carbocycles. The molecule has 1 aliphatic rings. The van der Waals surface area contributed by atoms with Gasteiger partial charge >= 0.3 is 0 Å². The summed E-state index contributed by atoms with van der Waals surface area (Å²) in [7, 11) is 2.36. The normalized spacial score (nSPS) is 12.0. The van der Waals surface area contributed by atoms with Gasteiger partial charge in [-0.15, -0.1) is 0 Å². The average molecular weight is 717 g/mol. The zero-order valence-electron chi connectivity index (χ0n) is 30.8. The van der Waals surface area contributed by atoms with E-state index in [1.807, 2.05) is 30.3 Å². The number of hydrogen-bond donors (Lipinski definition) is 1. The van der Waals surface area contributed by atoms with Crippen LogP contribution in [0.3, 0.4) is 0 Å². The van der Waals surface area contributed by atoms with Crippen LogP contribution < -0.4 is 16.2 Å². The summed E-state index contributed by atoms with van der Waals surface area (Å²) in [5.41, 5.74) is 17.7. The van der Waals surface area contributed by atoms with Gasteiger partial charge in [-0.05, 0) is 89.2 Å². The molecule has 11 rings (SSSR count). The first-order chi connectivity index (χ1) is 27.7. The summed E-state index contributed by atoms with van der Waals surface area (Å²) in [6.45, 7) is 2.12. The first-order valence-electron chi connectivity index (χ1n) is 19.2. The molecule has 263 valence electrons. The van der Waals surface area contributed by atoms with Crippen LogP contribution in [0.4, 0.5) is 11.4 Å². The lowest BCUT2D eigenvalue weighted by Gasteiger charge is -2.27. The number of aromatic nitrogens is 2. The van der Waals surface area contributed by atoms with E-state index >= 15 is 0 Å². The van der Waals surface area contributed by atoms with Crippen LogP contribution in [0.15, 0.2) is 186 Å². The highest BCUT2D eigenvalue weighted by atomic mass is 16.3. The van der Waals surface area contributed by atoms with E-state index in [0.29, 0.717) is 5.89 Å². The van der Waals surface area contributed by atoms with Crippen LogP contribution >= 0.6 is 0 Å². The molecule has 1 radical (unpaired) electrons. The predicted octanol–water partition coefficient (Wildman–Crippen LogP) is 11.5. The summed E-state index contributed by atoms with van der Waals surface area (Å²) in [6, 6.07) is 65.0. The molecule has 0 bridgehead atoms. The van der Waals surface area contributed by atoms with Crippen LogP contribution in [-0.4, -0.2) is 16.8 Å². The van der Waals surface area contributed by atoms with Gasteiger partial charge < -0.3 is 14.3 Å². The molecule has 1 N–H and O–H groups in total. The van der Waals surface area contributed by atoms with Gasteiger partial charge in [0.25, 0.3) is 0 Å². The summed E-state index contributed by atoms with van der Waals surface area (Å²) in [5.74, 6) is 0.602. The molecule has 4 nitrogen and oxygen atoms in total. The molecule has 0 atom stereocenters. The van der Waals surface area contributed by atoms with Crippen molar-refractivity contribution in [3.63, 3.8) is 0 Å². The Bertz CT molecular complexity index is 3040. The third-order valence-electron chi connectivity index (χ3n) is 11.2. The first-order valence-corrected chi connectivity index (χ1v) is 19.2. The minimum absolute atomic E-state index is 0.0190. The van der Waals surface area contributed by atoms with Crippen LogP contribution in [0, 0.1) is 6.92 Å². The molecule has 2 aromatic heterocycles. The molecular weight excluding hydrogens is 681 g/mol. The Morgan fingerprint density at radius 3 is 2.05 bits per heavy atom. The lowest BCUT2D eigenvalue weighted by molar-refractivity contribution is 0.620. The summed E-state index contributed by atoms with van der Waals surface area (Å²) < 4.78 is 8.93. The highest BCUT2D eigenvalue weighted by Crippen LogP contribution is 2.45. The van der Waals surface area contributed by atoms with E-state index in [4.69, 9.17) is 9.40 Å². The quantitative estimate of drug-likeness (QED) is 0.132. The zero-order valence-corrected chi connectivity index (χ0v) is 30.8. The highest BCUT2D eigenvalue weighted by molar-refractivity contribution is 6.73. The molecular formula is C51H35BN3O. The summed E-state index contributed by atoms with van der Waals surface area (Å²) in [6.07, 6.45) is 0. The van der Waals surface area contributed by atoms with E-state index in [0.717, 1.165) is 55.8 Å². The van der Waals surface area contributed by atoms with Crippen molar-refractivity contribution in [1.29, 1.82) is 0 Å². The minimum Gasteiger partial charge on any atom is -0.436 e. The van der Waals surface area contributed by atoms with Gasteiger partial charge in [-0.1, -0.05) is 138 Å². The minimum atomic E-state index is -0.0190. The summed E-state index contributed by atoms with van der Waals surface area (Å²) in [5, 5.41) is 6.27. The second kappa shape index (κ2) is 13.0. The maximum absolute atomic E-state index is 6.46. The van der Waals surface area contributed by atoms with E-state index in [-0.39, 0.29) is 5.92 Å². The lowest BCUT2D eigenvalue weighted by atomic mass is 9.58. The molecule has 5 heteroatoms. The first kappa shape index (κ1) is 32.3. The van der Waals surface area contributed by atoms with Crippen molar-refractivity contribution in [3.05, 3.63) is 204 Å². The van der Waals surface area contributed by atoms with Gasteiger partial charge in [0.05, 0.1) is 5.52 Å². The maximum atomic E-state index is 6.46. The number of anilines is 2. The van der Waals surface area contributed by atoms with Crippen LogP contribution in [0.2, 0.25) is 0 Å². The topological polar surface area (TPSA) is 43.0 Å². The van der Waals surface area contributed by atoms with Crippen molar-refractivity contribution in [1.82, 2.24) is 9.55 Å². The third-order valence-corrected chi connectivity index (χ3v) is 11.2. The molecule has 1 aliphatic heterocycles. The van der Waals surface area contributed by atoms with Crippen molar-refractivity contribution >= 4 is 62.5 Å². The molecule has 0 saturated carbocycles. The molecule has 0 fully saturated rings. The number of nitrogens with one attached hydrogen (secondary N) is 1. The largest absolute Gasteiger partial charge is 0.436 e. The lowest BCUT2D eigenvalue weighted by Crippen LogP contribution is -2.37. The SMILES string of the molecule is Cc1ccc(Nc2ccccc2-c2cc(C(c3ccccc3)c3ccccc3)c3c4ccccc4n4c3c2[B]c2cc3oc(-c5ccccc5)nc3cc2-4)cc1. The van der Waals surface area contributed by atoms with E-state index in [1.54, 1.807) is 0 Å². The standard InChI is InChI=1S/C51H35BN3O/c1-32-25-27-36(28-26-32)53-42-23-13-11-21-37(42)39-29-40(47(33-15-5-2-6-16-33)34-17-7-3-8-18-34)48-38-22-12-14-24-44(38)55-45-31-43-46(30-41(45)52-49(39)50(48)55)56-51(54-43)35-19-9-4-10-20-35/h2-31,47,53H,1H3. The van der Waals surface area contributed by atoms with Gasteiger partial charge in [0.15, 0.2) is 12.9 Å². The number of benzene rings is 8. The fraction of sp³-hybridized carbons (Fsp3) is 0.0392. The number of aryl methyl sites for hydroxylation is 1. The smallest absolute Gasteiger partial charge is 0.227 e. The number of nitrogens with zero attached hydrogens (tertiary/aromatic N) is 2. The maximum Gasteiger partial charge on any atom is 0.227 e. The fourth-order valence-electron chi connectivity index (χ4n) is 8.68. The van der Waals surface area contributed by atoms with E-state index in [9.17, 15) is 0 Å². The summed E-state index contributed by atoms with van der Waals surface area (Å²) >= 11 is 0. The number of para-hydroxylation sites is 2.